The Hall–Kier alpha value is -3.51. The van der Waals surface area contributed by atoms with E-state index in [9.17, 15) is 28.1 Å². The fourth-order valence-electron chi connectivity index (χ4n) is 2.38. The number of rotatable bonds is 8. The maximum atomic E-state index is 12.2. The lowest BCUT2D eigenvalue weighted by Gasteiger charge is -2.12. The Morgan fingerprint density at radius 2 is 1.87 bits per heavy atom. The summed E-state index contributed by atoms with van der Waals surface area (Å²) in [7, 11) is -2.73. The third kappa shape index (κ3) is 5.99. The number of urea groups is 1. The van der Waals surface area contributed by atoms with Gasteiger partial charge in [0.15, 0.2) is 0 Å². The molecule has 12 heteroatoms. The van der Waals surface area contributed by atoms with Crippen molar-refractivity contribution in [1.82, 2.24) is 10.0 Å². The molecule has 2 rings (SSSR count). The van der Waals surface area contributed by atoms with Crippen molar-refractivity contribution >= 4 is 33.4 Å². The van der Waals surface area contributed by atoms with Crippen LogP contribution in [0.15, 0.2) is 47.4 Å². The maximum Gasteiger partial charge on any atom is 0.337 e. The van der Waals surface area contributed by atoms with E-state index in [0.717, 1.165) is 6.07 Å². The Morgan fingerprint density at radius 3 is 2.53 bits per heavy atom. The number of sulfonamides is 1. The highest BCUT2D eigenvalue weighted by Crippen LogP contribution is 2.18. The molecule has 0 spiro atoms. The molecule has 0 atom stereocenters. The molecular weight excluding hydrogens is 416 g/mol. The highest BCUT2D eigenvalue weighted by molar-refractivity contribution is 7.89. The Bertz CT molecular complexity index is 1070. The van der Waals surface area contributed by atoms with Gasteiger partial charge >= 0.3 is 12.0 Å². The zero-order chi connectivity index (χ0) is 22.3. The highest BCUT2D eigenvalue weighted by Gasteiger charge is 2.17. The Morgan fingerprint density at radius 1 is 1.13 bits per heavy atom. The van der Waals surface area contributed by atoms with Crippen molar-refractivity contribution in [2.45, 2.75) is 11.8 Å². The molecule has 0 aromatic heterocycles. The van der Waals surface area contributed by atoms with Crippen molar-refractivity contribution in [1.29, 1.82) is 0 Å². The number of nitro groups is 1. The van der Waals surface area contributed by atoms with Crippen molar-refractivity contribution in [3.05, 3.63) is 63.7 Å². The molecule has 0 aliphatic carbocycles. The van der Waals surface area contributed by atoms with Crippen LogP contribution in [0.5, 0.6) is 0 Å². The van der Waals surface area contributed by atoms with Gasteiger partial charge in [0.2, 0.25) is 10.0 Å². The molecule has 0 fully saturated rings. The molecule has 0 heterocycles. The number of hydrogen-bond acceptors (Lipinski definition) is 7. The molecule has 2 aromatic rings. The molecule has 0 saturated heterocycles. The zero-order valence-corrected chi connectivity index (χ0v) is 17.0. The van der Waals surface area contributed by atoms with Crippen LogP contribution in [0.4, 0.5) is 16.2 Å². The van der Waals surface area contributed by atoms with E-state index in [1.807, 2.05) is 0 Å². The van der Waals surface area contributed by atoms with Crippen LogP contribution in [-0.2, 0) is 14.8 Å². The minimum absolute atomic E-state index is 0.0459. The summed E-state index contributed by atoms with van der Waals surface area (Å²) in [6.07, 6.45) is 0. The van der Waals surface area contributed by atoms with Crippen LogP contribution in [0.3, 0.4) is 0 Å². The van der Waals surface area contributed by atoms with Crippen molar-refractivity contribution < 1.29 is 27.7 Å². The van der Waals surface area contributed by atoms with E-state index in [-0.39, 0.29) is 29.2 Å². The average molecular weight is 436 g/mol. The number of nitro benzene ring substituents is 1. The monoisotopic (exact) mass is 436 g/mol. The molecule has 11 nitrogen and oxygen atoms in total. The summed E-state index contributed by atoms with van der Waals surface area (Å²) in [5.74, 6) is -0.547. The molecule has 30 heavy (non-hydrogen) atoms. The van der Waals surface area contributed by atoms with E-state index in [1.165, 1.54) is 31.4 Å². The van der Waals surface area contributed by atoms with Gasteiger partial charge in [-0.2, -0.15) is 0 Å². The van der Waals surface area contributed by atoms with Crippen LogP contribution in [0.25, 0.3) is 0 Å². The predicted octanol–water partition coefficient (Wildman–Crippen LogP) is 1.79. The SMILES string of the molecule is COC(=O)c1ccc(C)c(NC(=O)NCCNS(=O)(=O)c2cccc([N+](=O)[O-])c2)c1. The maximum absolute atomic E-state index is 12.2. The van der Waals surface area contributed by atoms with Gasteiger partial charge in [-0.3, -0.25) is 10.1 Å². The first-order valence-electron chi connectivity index (χ1n) is 8.62. The van der Waals surface area contributed by atoms with Crippen LogP contribution < -0.4 is 15.4 Å². The van der Waals surface area contributed by atoms with E-state index < -0.39 is 26.9 Å². The molecule has 160 valence electrons. The topological polar surface area (TPSA) is 157 Å². The lowest BCUT2D eigenvalue weighted by molar-refractivity contribution is -0.385. The second-order valence-corrected chi connectivity index (χ2v) is 7.82. The largest absolute Gasteiger partial charge is 0.465 e. The van der Waals surface area contributed by atoms with Gasteiger partial charge in [0.1, 0.15) is 0 Å². The Balaban J connectivity index is 1.90. The number of amides is 2. The predicted molar refractivity (Wildman–Crippen MR) is 108 cm³/mol. The summed E-state index contributed by atoms with van der Waals surface area (Å²) in [6, 6.07) is 8.69. The van der Waals surface area contributed by atoms with Gasteiger partial charge < -0.3 is 15.4 Å². The molecule has 0 unspecified atom stereocenters. The van der Waals surface area contributed by atoms with Gasteiger partial charge in [-0.1, -0.05) is 12.1 Å². The number of non-ortho nitro benzene ring substituents is 1. The number of ether oxygens (including phenoxy) is 1. The third-order valence-corrected chi connectivity index (χ3v) is 5.41. The number of hydrogen-bond donors (Lipinski definition) is 3. The Kier molecular flexibility index (Phi) is 7.44. The summed E-state index contributed by atoms with van der Waals surface area (Å²) >= 11 is 0. The van der Waals surface area contributed by atoms with Gasteiger partial charge in [-0.05, 0) is 30.7 Å². The smallest absolute Gasteiger partial charge is 0.337 e. The number of esters is 1. The molecule has 3 N–H and O–H groups in total. The van der Waals surface area contributed by atoms with Crippen LogP contribution in [-0.4, -0.2) is 45.5 Å². The van der Waals surface area contributed by atoms with Crippen LogP contribution in [0.1, 0.15) is 15.9 Å². The first-order chi connectivity index (χ1) is 14.1. The van der Waals surface area contributed by atoms with Gasteiger partial charge in [0, 0.05) is 30.9 Å². The molecular formula is C18H20N4O7S. The third-order valence-electron chi connectivity index (χ3n) is 3.95. The molecule has 0 radical (unpaired) electrons. The summed E-state index contributed by atoms with van der Waals surface area (Å²) in [5, 5.41) is 15.8. The van der Waals surface area contributed by atoms with E-state index in [0.29, 0.717) is 11.3 Å². The minimum atomic E-state index is -3.98. The quantitative estimate of drug-likeness (QED) is 0.246. The zero-order valence-electron chi connectivity index (χ0n) is 16.2. The fraction of sp³-hybridized carbons (Fsp3) is 0.222. The van der Waals surface area contributed by atoms with Gasteiger partial charge in [0.05, 0.1) is 22.5 Å². The fourth-order valence-corrected chi connectivity index (χ4v) is 3.45. The van der Waals surface area contributed by atoms with Crippen molar-refractivity contribution in [3.63, 3.8) is 0 Å². The number of aryl methyl sites for hydroxylation is 1. The van der Waals surface area contributed by atoms with E-state index in [2.05, 4.69) is 20.1 Å². The number of methoxy groups -OCH3 is 1. The lowest BCUT2D eigenvalue weighted by atomic mass is 10.1. The molecule has 0 bridgehead atoms. The second kappa shape index (κ2) is 9.80. The number of nitrogens with zero attached hydrogens (tertiary/aromatic N) is 1. The van der Waals surface area contributed by atoms with Gasteiger partial charge in [0.25, 0.3) is 5.69 Å². The normalized spacial score (nSPS) is 10.9. The molecule has 2 aromatic carbocycles. The lowest BCUT2D eigenvalue weighted by Crippen LogP contribution is -2.37. The van der Waals surface area contributed by atoms with Crippen LogP contribution >= 0.6 is 0 Å². The van der Waals surface area contributed by atoms with Gasteiger partial charge in [-0.25, -0.2) is 22.7 Å². The van der Waals surface area contributed by atoms with Crippen LogP contribution in [0, 0.1) is 17.0 Å². The number of anilines is 1. The summed E-state index contributed by atoms with van der Waals surface area (Å²) in [5.41, 5.74) is 1.03. The van der Waals surface area contributed by atoms with Gasteiger partial charge in [-0.15, -0.1) is 0 Å². The highest BCUT2D eigenvalue weighted by atomic mass is 32.2. The number of benzene rings is 2. The van der Waals surface area contributed by atoms with Crippen LogP contribution in [0.2, 0.25) is 0 Å². The van der Waals surface area contributed by atoms with Crippen molar-refractivity contribution in [3.8, 4) is 0 Å². The molecule has 2 amide bonds. The molecule has 0 aliphatic heterocycles. The number of nitrogens with one attached hydrogen (secondary N) is 3. The van der Waals surface area contributed by atoms with Crippen molar-refractivity contribution in [2.75, 3.05) is 25.5 Å². The van der Waals surface area contributed by atoms with E-state index >= 15 is 0 Å². The summed E-state index contributed by atoms with van der Waals surface area (Å²) < 4.78 is 31.3. The van der Waals surface area contributed by atoms with E-state index in [4.69, 9.17) is 0 Å². The number of carbonyl (C=O) groups excluding carboxylic acids is 2. The standard InChI is InChI=1S/C18H20N4O7S/c1-12-6-7-13(17(23)29-2)10-16(12)21-18(24)19-8-9-20-30(27,28)15-5-3-4-14(11-15)22(25)26/h3-7,10-11,20H,8-9H2,1-2H3,(H2,19,21,24). The summed E-state index contributed by atoms with van der Waals surface area (Å²) in [6.45, 7) is 1.55. The first kappa shape index (κ1) is 22.8. The molecule has 0 aliphatic rings. The van der Waals surface area contributed by atoms with Crippen molar-refractivity contribution in [2.24, 2.45) is 0 Å². The first-order valence-corrected chi connectivity index (χ1v) is 10.1. The summed E-state index contributed by atoms with van der Waals surface area (Å²) in [4.78, 5) is 33.5. The number of carbonyl (C=O) groups is 2. The minimum Gasteiger partial charge on any atom is -0.465 e. The molecule has 0 saturated carbocycles. The second-order valence-electron chi connectivity index (χ2n) is 6.05. The van der Waals surface area contributed by atoms with E-state index in [1.54, 1.807) is 19.1 Å². The Labute approximate surface area is 172 Å². The average Bonchev–Trinajstić information content (AvgIpc) is 2.72.